The average molecular weight is 291 g/mol. The smallest absolute Gasteiger partial charge is 0.311 e. The van der Waals surface area contributed by atoms with E-state index in [9.17, 15) is 9.59 Å². The van der Waals surface area contributed by atoms with Crippen molar-refractivity contribution < 1.29 is 14.3 Å². The summed E-state index contributed by atoms with van der Waals surface area (Å²) in [7, 11) is 0. The van der Waals surface area contributed by atoms with Crippen molar-refractivity contribution >= 4 is 23.5 Å². The third-order valence-electron chi connectivity index (χ3n) is 3.17. The first-order valence-corrected chi connectivity index (χ1v) is 7.09. The van der Waals surface area contributed by atoms with Crippen molar-refractivity contribution in [3.8, 4) is 0 Å². The molecule has 0 spiro atoms. The van der Waals surface area contributed by atoms with E-state index in [0.717, 1.165) is 13.1 Å². The van der Waals surface area contributed by atoms with E-state index >= 15 is 0 Å². The van der Waals surface area contributed by atoms with Crippen molar-refractivity contribution in [2.24, 2.45) is 5.41 Å². The van der Waals surface area contributed by atoms with Crippen LogP contribution in [0, 0.1) is 5.41 Å². The first-order chi connectivity index (χ1) is 8.79. The van der Waals surface area contributed by atoms with Gasteiger partial charge in [0.2, 0.25) is 5.91 Å². The van der Waals surface area contributed by atoms with Gasteiger partial charge in [0.05, 0.1) is 12.0 Å². The number of carbonyl (C=O) groups excluding carboxylic acids is 2. The average Bonchev–Trinajstić information content (AvgIpc) is 2.36. The van der Waals surface area contributed by atoms with Gasteiger partial charge in [0.1, 0.15) is 11.5 Å². The van der Waals surface area contributed by atoms with E-state index in [0.29, 0.717) is 19.4 Å². The van der Waals surface area contributed by atoms with Crippen LogP contribution in [-0.4, -0.2) is 43.0 Å². The molecule has 6 heteroatoms. The molecule has 5 nitrogen and oxygen atoms in total. The molecule has 1 amide bonds. The Labute approximate surface area is 119 Å². The van der Waals surface area contributed by atoms with E-state index in [1.54, 1.807) is 0 Å². The quantitative estimate of drug-likeness (QED) is 0.600. The molecule has 1 heterocycles. The first-order valence-electron chi connectivity index (χ1n) is 6.56. The first kappa shape index (κ1) is 16.2. The van der Waals surface area contributed by atoms with Crippen LogP contribution in [0.15, 0.2) is 0 Å². The fourth-order valence-electron chi connectivity index (χ4n) is 1.85. The molecule has 0 unspecified atom stereocenters. The van der Waals surface area contributed by atoms with Crippen LogP contribution >= 0.6 is 11.6 Å². The van der Waals surface area contributed by atoms with Gasteiger partial charge in [-0.05, 0) is 33.9 Å². The summed E-state index contributed by atoms with van der Waals surface area (Å²) in [5, 5.41) is 5.95. The third kappa shape index (κ3) is 4.99. The summed E-state index contributed by atoms with van der Waals surface area (Å²) in [4.78, 5) is 23.4. The van der Waals surface area contributed by atoms with Crippen molar-refractivity contribution in [3.63, 3.8) is 0 Å². The zero-order chi connectivity index (χ0) is 14.5. The predicted molar refractivity (Wildman–Crippen MR) is 74.1 cm³/mol. The Morgan fingerprint density at radius 2 is 1.89 bits per heavy atom. The van der Waals surface area contributed by atoms with Gasteiger partial charge in [0, 0.05) is 12.8 Å². The molecule has 0 saturated carbocycles. The summed E-state index contributed by atoms with van der Waals surface area (Å²) in [5.41, 5.74) is -1.16. The van der Waals surface area contributed by atoms with Crippen LogP contribution in [0.25, 0.3) is 0 Å². The van der Waals surface area contributed by atoms with E-state index in [1.165, 1.54) is 0 Å². The summed E-state index contributed by atoms with van der Waals surface area (Å²) >= 11 is 5.46. The molecular formula is C13H23ClN2O3. The highest BCUT2D eigenvalue weighted by Gasteiger charge is 2.39. The molecule has 0 radical (unpaired) electrons. The van der Waals surface area contributed by atoms with Crippen LogP contribution < -0.4 is 10.6 Å². The molecule has 0 aliphatic carbocycles. The van der Waals surface area contributed by atoms with Crippen LogP contribution in [0.4, 0.5) is 0 Å². The number of nitrogens with one attached hydrogen (secondary N) is 2. The summed E-state index contributed by atoms with van der Waals surface area (Å²) in [5.74, 6) is -0.567. The molecule has 0 aromatic rings. The van der Waals surface area contributed by atoms with Crippen LogP contribution in [0.5, 0.6) is 0 Å². The Kier molecular flexibility index (Phi) is 5.62. The van der Waals surface area contributed by atoms with Gasteiger partial charge in [-0.2, -0.15) is 0 Å². The number of rotatable bonds is 4. The lowest BCUT2D eigenvalue weighted by molar-refractivity contribution is -0.172. The lowest BCUT2D eigenvalue weighted by Gasteiger charge is -2.38. The molecule has 0 bridgehead atoms. The molecule has 2 N–H and O–H groups in total. The molecule has 1 rings (SSSR count). The van der Waals surface area contributed by atoms with Crippen LogP contribution in [0.2, 0.25) is 0 Å². The number of carbonyl (C=O) groups is 2. The number of esters is 1. The van der Waals surface area contributed by atoms with E-state index in [2.05, 4.69) is 10.6 Å². The molecule has 1 fully saturated rings. The van der Waals surface area contributed by atoms with Crippen LogP contribution in [-0.2, 0) is 14.3 Å². The number of amides is 1. The Morgan fingerprint density at radius 3 is 2.37 bits per heavy atom. The minimum Gasteiger partial charge on any atom is -0.457 e. The van der Waals surface area contributed by atoms with Crippen molar-refractivity contribution in [1.29, 1.82) is 0 Å². The zero-order valence-electron chi connectivity index (χ0n) is 11.8. The minimum atomic E-state index is -0.614. The van der Waals surface area contributed by atoms with Crippen molar-refractivity contribution in [2.45, 2.75) is 39.2 Å². The lowest BCUT2D eigenvalue weighted by atomic mass is 9.90. The van der Waals surface area contributed by atoms with Gasteiger partial charge >= 0.3 is 5.97 Å². The monoisotopic (exact) mass is 290 g/mol. The summed E-state index contributed by atoms with van der Waals surface area (Å²) in [6.45, 7) is 7.33. The minimum absolute atomic E-state index is 0.0818. The van der Waals surface area contributed by atoms with Gasteiger partial charge in [0.25, 0.3) is 0 Å². The second kappa shape index (κ2) is 6.57. The van der Waals surface area contributed by atoms with Crippen LogP contribution in [0.1, 0.15) is 33.6 Å². The van der Waals surface area contributed by atoms with E-state index in [-0.39, 0.29) is 17.8 Å². The number of ether oxygens (including phenoxy) is 1. The van der Waals surface area contributed by atoms with Crippen LogP contribution in [0.3, 0.4) is 0 Å². The Hall–Kier alpha value is -0.810. The van der Waals surface area contributed by atoms with Crippen molar-refractivity contribution in [2.75, 3.05) is 25.5 Å². The molecule has 110 valence electrons. The highest BCUT2D eigenvalue weighted by Crippen LogP contribution is 2.27. The standard InChI is InChI=1S/C13H23ClN2O3/c1-12(2,3)11(18)19-13(4-6-15-7-5-13)9-16-10(17)8-14/h15H,4-9H2,1-3H3,(H,16,17). The van der Waals surface area contributed by atoms with Gasteiger partial charge in [-0.25, -0.2) is 0 Å². The number of piperidine rings is 1. The number of alkyl halides is 1. The molecule has 19 heavy (non-hydrogen) atoms. The van der Waals surface area contributed by atoms with Gasteiger partial charge in [0.15, 0.2) is 0 Å². The molecule has 0 atom stereocenters. The molecule has 1 aliphatic heterocycles. The van der Waals surface area contributed by atoms with E-state index in [1.807, 2.05) is 20.8 Å². The Balaban J connectivity index is 2.70. The maximum absolute atomic E-state index is 12.1. The SMILES string of the molecule is CC(C)(C)C(=O)OC1(CNC(=O)CCl)CCNCC1. The maximum atomic E-state index is 12.1. The van der Waals surface area contributed by atoms with Gasteiger partial charge < -0.3 is 15.4 Å². The second-order valence-corrected chi connectivity index (χ2v) is 6.25. The van der Waals surface area contributed by atoms with E-state index in [4.69, 9.17) is 16.3 Å². The van der Waals surface area contributed by atoms with Gasteiger partial charge in [-0.1, -0.05) is 0 Å². The number of hydrogen-bond donors (Lipinski definition) is 2. The molecule has 1 aliphatic rings. The fourth-order valence-corrected chi connectivity index (χ4v) is 1.95. The molecule has 0 aromatic carbocycles. The van der Waals surface area contributed by atoms with E-state index < -0.39 is 11.0 Å². The summed E-state index contributed by atoms with van der Waals surface area (Å²) < 4.78 is 5.70. The zero-order valence-corrected chi connectivity index (χ0v) is 12.6. The van der Waals surface area contributed by atoms with Gasteiger partial charge in [-0.3, -0.25) is 9.59 Å². The topological polar surface area (TPSA) is 67.4 Å². The summed E-state index contributed by atoms with van der Waals surface area (Å²) in [6.07, 6.45) is 1.38. The number of halogens is 1. The molecular weight excluding hydrogens is 268 g/mol. The predicted octanol–water partition coefficient (Wildman–Crippen LogP) is 1.05. The second-order valence-electron chi connectivity index (χ2n) is 5.98. The molecule has 1 saturated heterocycles. The number of hydrogen-bond acceptors (Lipinski definition) is 4. The Bertz CT molecular complexity index is 333. The third-order valence-corrected chi connectivity index (χ3v) is 3.41. The normalized spacial score (nSPS) is 18.7. The van der Waals surface area contributed by atoms with Crippen molar-refractivity contribution in [3.05, 3.63) is 0 Å². The maximum Gasteiger partial charge on any atom is 0.311 e. The lowest BCUT2D eigenvalue weighted by Crippen LogP contribution is -2.53. The molecule has 0 aromatic heterocycles. The van der Waals surface area contributed by atoms with Crippen molar-refractivity contribution in [1.82, 2.24) is 10.6 Å². The van der Waals surface area contributed by atoms with Gasteiger partial charge in [-0.15, -0.1) is 11.6 Å². The highest BCUT2D eigenvalue weighted by atomic mass is 35.5. The Morgan fingerprint density at radius 1 is 1.32 bits per heavy atom. The fraction of sp³-hybridized carbons (Fsp3) is 0.846. The highest BCUT2D eigenvalue weighted by molar-refractivity contribution is 6.27. The largest absolute Gasteiger partial charge is 0.457 e. The summed E-state index contributed by atoms with van der Waals surface area (Å²) in [6, 6.07) is 0.